The number of ether oxygens (including phenoxy) is 1. The normalized spacial score (nSPS) is 10.9. The second-order valence-electron chi connectivity index (χ2n) is 6.70. The van der Waals surface area contributed by atoms with E-state index in [9.17, 15) is 4.79 Å². The highest BCUT2D eigenvalue weighted by Gasteiger charge is 2.08. The first-order valence-corrected chi connectivity index (χ1v) is 9.21. The molecule has 0 aliphatic heterocycles. The van der Waals surface area contributed by atoms with E-state index < -0.39 is 0 Å². The van der Waals surface area contributed by atoms with E-state index in [2.05, 4.69) is 21.0 Å². The van der Waals surface area contributed by atoms with Crippen LogP contribution in [0.25, 0.3) is 10.9 Å². The summed E-state index contributed by atoms with van der Waals surface area (Å²) in [4.78, 5) is 12.2. The molecule has 0 unspecified atom stereocenters. The Hall–Kier alpha value is -3.54. The fraction of sp³-hybridized carbons (Fsp3) is 0.182. The van der Waals surface area contributed by atoms with Crippen LogP contribution in [0.4, 0.5) is 5.69 Å². The molecule has 2 heterocycles. The number of fused-ring (bicyclic) bond motifs is 1. The third-order valence-electron chi connectivity index (χ3n) is 4.56. The van der Waals surface area contributed by atoms with Crippen molar-refractivity contribution in [3.63, 3.8) is 0 Å². The van der Waals surface area contributed by atoms with Gasteiger partial charge >= 0.3 is 0 Å². The van der Waals surface area contributed by atoms with Crippen LogP contribution in [0.3, 0.4) is 0 Å². The molecule has 4 rings (SSSR count). The molecule has 0 saturated heterocycles. The molecule has 0 radical (unpaired) electrons. The van der Waals surface area contributed by atoms with Crippen LogP contribution < -0.4 is 10.1 Å². The van der Waals surface area contributed by atoms with E-state index in [1.165, 1.54) is 0 Å². The van der Waals surface area contributed by atoms with Crippen molar-refractivity contribution in [2.75, 3.05) is 5.32 Å². The molecule has 4 aromatic rings. The number of nitrogens with one attached hydrogen (secondary N) is 1. The van der Waals surface area contributed by atoms with Gasteiger partial charge in [0.25, 0.3) is 0 Å². The molecule has 6 heteroatoms. The summed E-state index contributed by atoms with van der Waals surface area (Å²) in [5, 5.41) is 8.04. The minimum Gasteiger partial charge on any atom is -0.489 e. The number of aryl methyl sites for hydroxylation is 2. The Morgan fingerprint density at radius 1 is 1.14 bits per heavy atom. The van der Waals surface area contributed by atoms with Crippen LogP contribution in [-0.2, 0) is 25.0 Å². The van der Waals surface area contributed by atoms with Gasteiger partial charge in [-0.15, -0.1) is 0 Å². The molecule has 0 saturated carbocycles. The number of hydrogen-bond donors (Lipinski definition) is 1. The molecule has 0 spiro atoms. The third kappa shape index (κ3) is 4.23. The van der Waals surface area contributed by atoms with Crippen molar-refractivity contribution in [1.82, 2.24) is 14.3 Å². The molecule has 0 fully saturated rings. The van der Waals surface area contributed by atoms with Gasteiger partial charge in [-0.25, -0.2) is 0 Å². The largest absolute Gasteiger partial charge is 0.489 e. The van der Waals surface area contributed by atoms with E-state index in [1.807, 2.05) is 61.8 Å². The first-order chi connectivity index (χ1) is 13.7. The number of carbonyl (C=O) groups is 1. The van der Waals surface area contributed by atoms with Gasteiger partial charge in [-0.3, -0.25) is 9.48 Å². The second kappa shape index (κ2) is 8.00. The number of aromatic nitrogens is 3. The molecule has 0 aliphatic carbocycles. The molecule has 1 N–H and O–H groups in total. The Balaban J connectivity index is 1.40. The van der Waals surface area contributed by atoms with Gasteiger partial charge in [0.05, 0.1) is 17.4 Å². The van der Waals surface area contributed by atoms with Crippen molar-refractivity contribution < 1.29 is 9.53 Å². The molecule has 2 aromatic heterocycles. The van der Waals surface area contributed by atoms with Gasteiger partial charge < -0.3 is 14.6 Å². The summed E-state index contributed by atoms with van der Waals surface area (Å²) in [6.45, 7) is 1.12. The molecule has 0 aliphatic rings. The summed E-state index contributed by atoms with van der Waals surface area (Å²) in [6, 6.07) is 18.2. The maximum Gasteiger partial charge on any atom is 0.226 e. The predicted octanol–water partition coefficient (Wildman–Crippen LogP) is 3.98. The van der Waals surface area contributed by atoms with Crippen molar-refractivity contribution >= 4 is 22.5 Å². The lowest BCUT2D eigenvalue weighted by Crippen LogP contribution is -2.13. The average Bonchev–Trinajstić information content (AvgIpc) is 3.31. The van der Waals surface area contributed by atoms with Crippen LogP contribution in [0.1, 0.15) is 12.0 Å². The minimum atomic E-state index is -0.0358. The molecule has 1 amide bonds. The summed E-state index contributed by atoms with van der Waals surface area (Å²) in [5.74, 6) is 0.780. The predicted molar refractivity (Wildman–Crippen MR) is 109 cm³/mol. The van der Waals surface area contributed by atoms with Gasteiger partial charge in [0, 0.05) is 38.5 Å². The fourth-order valence-corrected chi connectivity index (χ4v) is 3.12. The molecule has 142 valence electrons. The van der Waals surface area contributed by atoms with Gasteiger partial charge in [0.2, 0.25) is 5.91 Å². The van der Waals surface area contributed by atoms with Gasteiger partial charge in [-0.2, -0.15) is 5.10 Å². The molecular weight excluding hydrogens is 352 g/mol. The Morgan fingerprint density at radius 2 is 2.00 bits per heavy atom. The summed E-state index contributed by atoms with van der Waals surface area (Å²) >= 11 is 0. The summed E-state index contributed by atoms with van der Waals surface area (Å²) < 4.78 is 9.67. The quantitative estimate of drug-likeness (QED) is 0.532. The molecule has 0 atom stereocenters. The zero-order valence-electron chi connectivity index (χ0n) is 15.7. The number of nitrogens with zero attached hydrogens (tertiary/aromatic N) is 3. The molecule has 0 bridgehead atoms. The maximum absolute atomic E-state index is 12.2. The molecule has 2 aromatic carbocycles. The number of hydrogen-bond acceptors (Lipinski definition) is 3. The number of carbonyl (C=O) groups excluding carboxylic acids is 1. The van der Waals surface area contributed by atoms with E-state index in [-0.39, 0.29) is 5.91 Å². The van der Waals surface area contributed by atoms with E-state index in [4.69, 9.17) is 4.74 Å². The average molecular weight is 374 g/mol. The van der Waals surface area contributed by atoms with Crippen molar-refractivity contribution in [3.05, 3.63) is 78.8 Å². The first kappa shape index (κ1) is 17.9. The van der Waals surface area contributed by atoms with E-state index in [1.54, 1.807) is 17.1 Å². The van der Waals surface area contributed by atoms with Gasteiger partial charge in [-0.1, -0.05) is 30.3 Å². The first-order valence-electron chi connectivity index (χ1n) is 9.21. The summed E-state index contributed by atoms with van der Waals surface area (Å²) in [5.41, 5.74) is 2.89. The molecular formula is C22H22N4O2. The van der Waals surface area contributed by atoms with Gasteiger partial charge in [-0.05, 0) is 29.1 Å². The monoisotopic (exact) mass is 374 g/mol. The Kier molecular flexibility index (Phi) is 5.10. The summed E-state index contributed by atoms with van der Waals surface area (Å²) in [7, 11) is 1.82. The van der Waals surface area contributed by atoms with Crippen molar-refractivity contribution in [2.24, 2.45) is 7.05 Å². The Labute approximate surface area is 163 Å². The van der Waals surface area contributed by atoms with Crippen LogP contribution in [0.2, 0.25) is 0 Å². The van der Waals surface area contributed by atoms with Crippen LogP contribution >= 0.6 is 0 Å². The molecule has 28 heavy (non-hydrogen) atoms. The van der Waals surface area contributed by atoms with E-state index in [0.29, 0.717) is 25.3 Å². The highest BCUT2D eigenvalue weighted by atomic mass is 16.5. The zero-order chi connectivity index (χ0) is 19.3. The van der Waals surface area contributed by atoms with Gasteiger partial charge in [0.15, 0.2) is 0 Å². The fourth-order valence-electron chi connectivity index (χ4n) is 3.12. The van der Waals surface area contributed by atoms with E-state index >= 15 is 0 Å². The Bertz CT molecular complexity index is 1080. The molecule has 6 nitrogen and oxygen atoms in total. The third-order valence-corrected chi connectivity index (χ3v) is 4.56. The lowest BCUT2D eigenvalue weighted by molar-refractivity contribution is -0.116. The zero-order valence-corrected chi connectivity index (χ0v) is 15.7. The smallest absolute Gasteiger partial charge is 0.226 e. The highest BCUT2D eigenvalue weighted by molar-refractivity contribution is 5.90. The highest BCUT2D eigenvalue weighted by Crippen LogP contribution is 2.23. The van der Waals surface area contributed by atoms with E-state index in [0.717, 1.165) is 22.2 Å². The van der Waals surface area contributed by atoms with Crippen LogP contribution in [0, 0.1) is 0 Å². The van der Waals surface area contributed by atoms with Crippen LogP contribution in [0.5, 0.6) is 5.75 Å². The van der Waals surface area contributed by atoms with Crippen molar-refractivity contribution in [2.45, 2.75) is 19.6 Å². The van der Waals surface area contributed by atoms with Crippen LogP contribution in [-0.4, -0.2) is 20.3 Å². The number of rotatable bonds is 7. The minimum absolute atomic E-state index is 0.0358. The van der Waals surface area contributed by atoms with Gasteiger partial charge in [0.1, 0.15) is 12.4 Å². The SMILES string of the molecule is Cn1cc(NC(=O)CCn2ccc3ccc(OCc4ccccc4)cc32)cn1. The Morgan fingerprint density at radius 3 is 2.79 bits per heavy atom. The standard InChI is InChI=1S/C22H22N4O2/c1-25-15-19(14-23-25)24-22(27)10-12-26-11-9-18-7-8-20(13-21(18)26)28-16-17-5-3-2-4-6-17/h2-9,11,13-15H,10,12,16H2,1H3,(H,24,27). The number of amides is 1. The number of anilines is 1. The van der Waals surface area contributed by atoms with Crippen molar-refractivity contribution in [1.29, 1.82) is 0 Å². The lowest BCUT2D eigenvalue weighted by atomic mass is 10.2. The summed E-state index contributed by atoms with van der Waals surface area (Å²) in [6.07, 6.45) is 5.80. The van der Waals surface area contributed by atoms with Crippen LogP contribution in [0.15, 0.2) is 73.2 Å². The number of benzene rings is 2. The van der Waals surface area contributed by atoms with Crippen molar-refractivity contribution in [3.8, 4) is 5.75 Å². The second-order valence-corrected chi connectivity index (χ2v) is 6.70. The maximum atomic E-state index is 12.2. The lowest BCUT2D eigenvalue weighted by Gasteiger charge is -2.09. The topological polar surface area (TPSA) is 61.1 Å².